The Labute approximate surface area is 74.5 Å². The summed E-state index contributed by atoms with van der Waals surface area (Å²) in [5, 5.41) is 0. The monoisotopic (exact) mass is 173 g/mol. The standard InChI is InChI=1S/C9H7N3O/c1-12-5-7(11-6-13)9-8(12)3-2-4-10-9/h2-5H,1H3. The summed E-state index contributed by atoms with van der Waals surface area (Å²) in [7, 11) is 1.88. The van der Waals surface area contributed by atoms with Gasteiger partial charge in [0, 0.05) is 19.4 Å². The third-order valence-electron chi connectivity index (χ3n) is 1.89. The number of aromatic nitrogens is 2. The molecule has 2 aromatic rings. The lowest BCUT2D eigenvalue weighted by atomic mass is 10.3. The van der Waals surface area contributed by atoms with Gasteiger partial charge in [-0.3, -0.25) is 4.98 Å². The maximum absolute atomic E-state index is 10.1. The second-order valence-corrected chi connectivity index (χ2v) is 2.70. The van der Waals surface area contributed by atoms with Gasteiger partial charge in [-0.1, -0.05) is 0 Å². The zero-order chi connectivity index (χ0) is 9.26. The van der Waals surface area contributed by atoms with E-state index in [0.29, 0.717) is 5.69 Å². The molecule has 0 radical (unpaired) electrons. The quantitative estimate of drug-likeness (QED) is 0.485. The number of aryl methyl sites for hydroxylation is 1. The normalized spacial score (nSPS) is 9.92. The van der Waals surface area contributed by atoms with Gasteiger partial charge in [-0.25, -0.2) is 4.79 Å². The van der Waals surface area contributed by atoms with Crippen molar-refractivity contribution in [2.45, 2.75) is 0 Å². The van der Waals surface area contributed by atoms with Crippen molar-refractivity contribution in [3.63, 3.8) is 0 Å². The van der Waals surface area contributed by atoms with Crippen molar-refractivity contribution in [1.82, 2.24) is 9.55 Å². The van der Waals surface area contributed by atoms with Crippen LogP contribution in [0.1, 0.15) is 0 Å². The molecule has 0 bridgehead atoms. The molecule has 4 heteroatoms. The molecule has 0 spiro atoms. The van der Waals surface area contributed by atoms with E-state index in [1.807, 2.05) is 23.7 Å². The second-order valence-electron chi connectivity index (χ2n) is 2.70. The highest BCUT2D eigenvalue weighted by Crippen LogP contribution is 2.24. The molecule has 0 atom stereocenters. The predicted molar refractivity (Wildman–Crippen MR) is 48.5 cm³/mol. The first-order chi connectivity index (χ1) is 6.33. The van der Waals surface area contributed by atoms with Gasteiger partial charge in [-0.15, -0.1) is 0 Å². The van der Waals surface area contributed by atoms with E-state index < -0.39 is 0 Å². The third kappa shape index (κ3) is 1.13. The van der Waals surface area contributed by atoms with Crippen LogP contribution in [-0.2, 0) is 11.8 Å². The van der Waals surface area contributed by atoms with Crippen LogP contribution in [0.15, 0.2) is 29.5 Å². The van der Waals surface area contributed by atoms with E-state index in [0.717, 1.165) is 11.0 Å². The highest BCUT2D eigenvalue weighted by Gasteiger charge is 2.04. The first-order valence-electron chi connectivity index (χ1n) is 3.81. The van der Waals surface area contributed by atoms with Gasteiger partial charge in [-0.2, -0.15) is 4.99 Å². The predicted octanol–water partition coefficient (Wildman–Crippen LogP) is 1.54. The van der Waals surface area contributed by atoms with E-state index in [-0.39, 0.29) is 0 Å². The molecule has 4 nitrogen and oxygen atoms in total. The van der Waals surface area contributed by atoms with Crippen molar-refractivity contribution < 1.29 is 4.79 Å². The molecule has 0 aromatic carbocycles. The van der Waals surface area contributed by atoms with Gasteiger partial charge in [0.15, 0.2) is 0 Å². The van der Waals surface area contributed by atoms with E-state index in [2.05, 4.69) is 9.98 Å². The fraction of sp³-hybridized carbons (Fsp3) is 0.111. The van der Waals surface area contributed by atoms with Crippen molar-refractivity contribution in [2.75, 3.05) is 0 Å². The SMILES string of the molecule is Cn1cc(N=C=O)c2ncccc21. The molecule has 0 N–H and O–H groups in total. The molecule has 0 amide bonds. The van der Waals surface area contributed by atoms with E-state index in [1.54, 1.807) is 12.4 Å². The lowest BCUT2D eigenvalue weighted by Crippen LogP contribution is -1.82. The average molecular weight is 173 g/mol. The fourth-order valence-electron chi connectivity index (χ4n) is 1.32. The Morgan fingerprint density at radius 3 is 3.23 bits per heavy atom. The number of hydrogen-bond donors (Lipinski definition) is 0. The first-order valence-corrected chi connectivity index (χ1v) is 3.81. The zero-order valence-electron chi connectivity index (χ0n) is 7.06. The Balaban J connectivity index is 2.85. The Hall–Kier alpha value is -1.93. The topological polar surface area (TPSA) is 47.2 Å². The van der Waals surface area contributed by atoms with E-state index in [1.165, 1.54) is 6.08 Å². The molecular weight excluding hydrogens is 166 g/mol. The van der Waals surface area contributed by atoms with Gasteiger partial charge in [0.1, 0.15) is 11.2 Å². The number of fused-ring (bicyclic) bond motifs is 1. The second kappa shape index (κ2) is 2.84. The Kier molecular flexibility index (Phi) is 1.69. The van der Waals surface area contributed by atoms with Gasteiger partial charge in [-0.05, 0) is 12.1 Å². The maximum atomic E-state index is 10.1. The van der Waals surface area contributed by atoms with Crippen LogP contribution in [0.3, 0.4) is 0 Å². The van der Waals surface area contributed by atoms with Crippen LogP contribution in [0.5, 0.6) is 0 Å². The van der Waals surface area contributed by atoms with Gasteiger partial charge in [0.2, 0.25) is 6.08 Å². The molecule has 0 saturated heterocycles. The van der Waals surface area contributed by atoms with Crippen LogP contribution in [0.4, 0.5) is 5.69 Å². The largest absolute Gasteiger partial charge is 0.347 e. The zero-order valence-corrected chi connectivity index (χ0v) is 7.06. The van der Waals surface area contributed by atoms with Gasteiger partial charge < -0.3 is 4.57 Å². The van der Waals surface area contributed by atoms with Gasteiger partial charge in [0.25, 0.3) is 0 Å². The van der Waals surface area contributed by atoms with Crippen LogP contribution in [-0.4, -0.2) is 15.6 Å². The summed E-state index contributed by atoms with van der Waals surface area (Å²) in [5.74, 6) is 0. The molecule has 0 aliphatic carbocycles. The molecule has 0 fully saturated rings. The highest BCUT2D eigenvalue weighted by atomic mass is 16.1. The summed E-state index contributed by atoms with van der Waals surface area (Å²) < 4.78 is 1.87. The van der Waals surface area contributed by atoms with Crippen LogP contribution in [0, 0.1) is 0 Å². The van der Waals surface area contributed by atoms with E-state index in [4.69, 9.17) is 0 Å². The Morgan fingerprint density at radius 2 is 2.46 bits per heavy atom. The van der Waals surface area contributed by atoms with Gasteiger partial charge in [0.05, 0.1) is 5.52 Å². The van der Waals surface area contributed by atoms with Crippen LogP contribution >= 0.6 is 0 Å². The maximum Gasteiger partial charge on any atom is 0.240 e. The minimum absolute atomic E-state index is 0.563. The summed E-state index contributed by atoms with van der Waals surface area (Å²) >= 11 is 0. The van der Waals surface area contributed by atoms with Gasteiger partial charge >= 0.3 is 0 Å². The number of aliphatic imine (C=N–C) groups is 1. The minimum Gasteiger partial charge on any atom is -0.347 e. The first kappa shape index (κ1) is 7.71. The fourth-order valence-corrected chi connectivity index (χ4v) is 1.32. The van der Waals surface area contributed by atoms with Crippen molar-refractivity contribution in [3.8, 4) is 0 Å². The molecule has 2 rings (SSSR count). The van der Waals surface area contributed by atoms with Crippen molar-refractivity contribution in [3.05, 3.63) is 24.5 Å². The lowest BCUT2D eigenvalue weighted by molar-refractivity contribution is 0.565. The molecule has 2 heterocycles. The smallest absolute Gasteiger partial charge is 0.240 e. The Morgan fingerprint density at radius 1 is 1.62 bits per heavy atom. The molecule has 0 aliphatic rings. The minimum atomic E-state index is 0.563. The number of rotatable bonds is 1. The molecule has 0 saturated carbocycles. The number of hydrogen-bond acceptors (Lipinski definition) is 3. The van der Waals surface area contributed by atoms with Crippen LogP contribution in [0.25, 0.3) is 11.0 Å². The summed E-state index contributed by atoms with van der Waals surface area (Å²) in [4.78, 5) is 17.8. The van der Waals surface area contributed by atoms with E-state index >= 15 is 0 Å². The molecular formula is C9H7N3O. The summed E-state index contributed by atoms with van der Waals surface area (Å²) in [6.45, 7) is 0. The van der Waals surface area contributed by atoms with Crippen molar-refractivity contribution >= 4 is 22.8 Å². The van der Waals surface area contributed by atoms with Crippen LogP contribution in [0.2, 0.25) is 0 Å². The molecule has 0 aliphatic heterocycles. The number of nitrogens with zero attached hydrogens (tertiary/aromatic N) is 3. The third-order valence-corrected chi connectivity index (χ3v) is 1.89. The number of carbonyl (C=O) groups excluding carboxylic acids is 1. The lowest BCUT2D eigenvalue weighted by Gasteiger charge is -1.91. The average Bonchev–Trinajstić information content (AvgIpc) is 2.46. The molecule has 13 heavy (non-hydrogen) atoms. The highest BCUT2D eigenvalue weighted by molar-refractivity contribution is 5.88. The molecule has 0 unspecified atom stereocenters. The summed E-state index contributed by atoms with van der Waals surface area (Å²) in [5.41, 5.74) is 2.25. The van der Waals surface area contributed by atoms with Crippen molar-refractivity contribution in [1.29, 1.82) is 0 Å². The van der Waals surface area contributed by atoms with E-state index in [9.17, 15) is 4.79 Å². The molecule has 2 aromatic heterocycles. The summed E-state index contributed by atoms with van der Waals surface area (Å²) in [6, 6.07) is 3.77. The number of isocyanates is 1. The molecule has 64 valence electrons. The Bertz CT molecular complexity index is 495. The number of pyridine rings is 1. The summed E-state index contributed by atoms with van der Waals surface area (Å²) in [6.07, 6.45) is 4.94. The van der Waals surface area contributed by atoms with Crippen LogP contribution < -0.4 is 0 Å². The van der Waals surface area contributed by atoms with Crippen molar-refractivity contribution in [2.24, 2.45) is 12.0 Å².